The Kier molecular flexibility index (Phi) is 2.75. The van der Waals surface area contributed by atoms with Gasteiger partial charge in [-0.05, 0) is 18.1 Å². The summed E-state index contributed by atoms with van der Waals surface area (Å²) >= 11 is 0. The Bertz CT molecular complexity index is 288. The summed E-state index contributed by atoms with van der Waals surface area (Å²) in [5.74, 6) is -1.02. The molecule has 2 nitrogen and oxygen atoms in total. The summed E-state index contributed by atoms with van der Waals surface area (Å²) in [6.45, 7) is 0. The second-order valence-corrected chi connectivity index (χ2v) is 2.52. The predicted octanol–water partition coefficient (Wildman–Crippen LogP) is 2.43. The summed E-state index contributed by atoms with van der Waals surface area (Å²) in [6, 6.07) is 0.906. The standard InChI is InChI=1S/C8H7F3O2/c9-8(10,11)7-4-6(5-13-7)2-1-3-12/h3-5H,1-2H2. The highest BCUT2D eigenvalue weighted by atomic mass is 19.4. The van der Waals surface area contributed by atoms with E-state index in [9.17, 15) is 18.0 Å². The molecule has 0 unspecified atom stereocenters. The number of hydrogen-bond donors (Lipinski definition) is 0. The van der Waals surface area contributed by atoms with Crippen molar-refractivity contribution in [1.29, 1.82) is 0 Å². The molecule has 0 spiro atoms. The third-order valence-electron chi connectivity index (χ3n) is 1.48. The molecule has 0 fully saturated rings. The summed E-state index contributed by atoms with van der Waals surface area (Å²) in [7, 11) is 0. The average Bonchev–Trinajstić information content (AvgIpc) is 2.47. The first-order valence-electron chi connectivity index (χ1n) is 3.62. The zero-order valence-corrected chi connectivity index (χ0v) is 6.60. The fourth-order valence-electron chi connectivity index (χ4n) is 0.881. The van der Waals surface area contributed by atoms with Crippen molar-refractivity contribution in [2.75, 3.05) is 0 Å². The number of furan rings is 1. The topological polar surface area (TPSA) is 30.2 Å². The summed E-state index contributed by atoms with van der Waals surface area (Å²) < 4.78 is 40.2. The molecule has 0 N–H and O–H groups in total. The quantitative estimate of drug-likeness (QED) is 0.688. The maximum absolute atomic E-state index is 12.0. The van der Waals surface area contributed by atoms with Gasteiger partial charge in [-0.15, -0.1) is 0 Å². The van der Waals surface area contributed by atoms with Crippen molar-refractivity contribution in [3.8, 4) is 0 Å². The average molecular weight is 192 g/mol. The van der Waals surface area contributed by atoms with Crippen LogP contribution in [0.5, 0.6) is 0 Å². The third-order valence-corrected chi connectivity index (χ3v) is 1.48. The monoisotopic (exact) mass is 192 g/mol. The second-order valence-electron chi connectivity index (χ2n) is 2.52. The fraction of sp³-hybridized carbons (Fsp3) is 0.375. The Labute approximate surface area is 72.3 Å². The number of alkyl halides is 3. The van der Waals surface area contributed by atoms with Gasteiger partial charge in [-0.2, -0.15) is 13.2 Å². The van der Waals surface area contributed by atoms with E-state index in [1.807, 2.05) is 0 Å². The van der Waals surface area contributed by atoms with E-state index in [1.54, 1.807) is 0 Å². The molecule has 1 rings (SSSR count). The van der Waals surface area contributed by atoms with Gasteiger partial charge in [0.15, 0.2) is 0 Å². The first-order chi connectivity index (χ1) is 6.04. The van der Waals surface area contributed by atoms with Crippen molar-refractivity contribution in [2.45, 2.75) is 19.0 Å². The minimum Gasteiger partial charge on any atom is -0.459 e. The van der Waals surface area contributed by atoms with Gasteiger partial charge in [0.2, 0.25) is 5.76 Å². The molecule has 0 saturated heterocycles. The summed E-state index contributed by atoms with van der Waals surface area (Å²) in [5, 5.41) is 0. The van der Waals surface area contributed by atoms with Crippen molar-refractivity contribution in [3.63, 3.8) is 0 Å². The van der Waals surface area contributed by atoms with E-state index in [2.05, 4.69) is 4.42 Å². The van der Waals surface area contributed by atoms with Gasteiger partial charge < -0.3 is 9.21 Å². The van der Waals surface area contributed by atoms with Crippen LogP contribution in [0.3, 0.4) is 0 Å². The third kappa shape index (κ3) is 2.61. The lowest BCUT2D eigenvalue weighted by molar-refractivity contribution is -0.153. The molecule has 0 aliphatic heterocycles. The number of rotatable bonds is 3. The van der Waals surface area contributed by atoms with E-state index in [1.165, 1.54) is 0 Å². The van der Waals surface area contributed by atoms with Gasteiger partial charge in [0.1, 0.15) is 6.29 Å². The van der Waals surface area contributed by atoms with Crippen LogP contribution in [0.2, 0.25) is 0 Å². The molecule has 0 atom stereocenters. The Balaban J connectivity index is 2.69. The first kappa shape index (κ1) is 9.83. The molecule has 0 aliphatic rings. The molecule has 72 valence electrons. The van der Waals surface area contributed by atoms with Crippen LogP contribution in [0.15, 0.2) is 16.7 Å². The second kappa shape index (κ2) is 3.64. The number of aryl methyl sites for hydroxylation is 1. The largest absolute Gasteiger partial charge is 0.459 e. The van der Waals surface area contributed by atoms with E-state index in [4.69, 9.17) is 0 Å². The Hall–Kier alpha value is -1.26. The lowest BCUT2D eigenvalue weighted by Crippen LogP contribution is -2.02. The normalized spacial score (nSPS) is 11.6. The van der Waals surface area contributed by atoms with Crippen LogP contribution >= 0.6 is 0 Å². The van der Waals surface area contributed by atoms with E-state index < -0.39 is 11.9 Å². The van der Waals surface area contributed by atoms with Crippen LogP contribution in [-0.2, 0) is 17.4 Å². The lowest BCUT2D eigenvalue weighted by atomic mass is 10.2. The van der Waals surface area contributed by atoms with Gasteiger partial charge in [0.25, 0.3) is 0 Å². The molecule has 13 heavy (non-hydrogen) atoms. The van der Waals surface area contributed by atoms with E-state index in [0.717, 1.165) is 12.3 Å². The van der Waals surface area contributed by atoms with Crippen LogP contribution in [0.4, 0.5) is 13.2 Å². The molecule has 1 aromatic heterocycles. The molecule has 0 amide bonds. The Morgan fingerprint density at radius 1 is 1.46 bits per heavy atom. The van der Waals surface area contributed by atoms with Gasteiger partial charge in [0, 0.05) is 6.42 Å². The maximum Gasteiger partial charge on any atom is 0.449 e. The molecular formula is C8H7F3O2. The van der Waals surface area contributed by atoms with E-state index in [-0.39, 0.29) is 12.8 Å². The molecule has 0 aliphatic carbocycles. The molecule has 5 heteroatoms. The lowest BCUT2D eigenvalue weighted by Gasteiger charge is -1.98. The zero-order valence-electron chi connectivity index (χ0n) is 6.60. The van der Waals surface area contributed by atoms with Gasteiger partial charge in [-0.25, -0.2) is 0 Å². The first-order valence-corrected chi connectivity index (χ1v) is 3.62. The fourth-order valence-corrected chi connectivity index (χ4v) is 0.881. The molecule has 0 aromatic carbocycles. The molecule has 1 heterocycles. The van der Waals surface area contributed by atoms with Gasteiger partial charge in [0.05, 0.1) is 6.26 Å². The zero-order chi connectivity index (χ0) is 9.90. The molecule has 1 aromatic rings. The Morgan fingerprint density at radius 2 is 2.15 bits per heavy atom. The van der Waals surface area contributed by atoms with Gasteiger partial charge >= 0.3 is 6.18 Å². The van der Waals surface area contributed by atoms with Crippen molar-refractivity contribution in [1.82, 2.24) is 0 Å². The number of hydrogen-bond acceptors (Lipinski definition) is 2. The predicted molar refractivity (Wildman–Crippen MR) is 38.1 cm³/mol. The molecule has 0 saturated carbocycles. The minimum absolute atomic E-state index is 0.205. The SMILES string of the molecule is O=CCCc1coc(C(F)(F)F)c1. The summed E-state index contributed by atoms with van der Waals surface area (Å²) in [6.07, 6.45) is -2.29. The minimum atomic E-state index is -4.45. The van der Waals surface area contributed by atoms with Crippen molar-refractivity contribution >= 4 is 6.29 Å². The highest BCUT2D eigenvalue weighted by Gasteiger charge is 2.34. The highest BCUT2D eigenvalue weighted by Crippen LogP contribution is 2.30. The number of carbonyl (C=O) groups is 1. The van der Waals surface area contributed by atoms with Crippen molar-refractivity contribution in [2.24, 2.45) is 0 Å². The highest BCUT2D eigenvalue weighted by molar-refractivity contribution is 5.49. The number of halogens is 3. The van der Waals surface area contributed by atoms with Gasteiger partial charge in [-0.1, -0.05) is 0 Å². The van der Waals surface area contributed by atoms with Crippen LogP contribution < -0.4 is 0 Å². The van der Waals surface area contributed by atoms with Crippen LogP contribution in [-0.4, -0.2) is 6.29 Å². The smallest absolute Gasteiger partial charge is 0.449 e. The summed E-state index contributed by atoms with van der Waals surface area (Å²) in [4.78, 5) is 9.93. The number of aldehydes is 1. The molecular weight excluding hydrogens is 185 g/mol. The van der Waals surface area contributed by atoms with E-state index in [0.29, 0.717) is 11.8 Å². The maximum atomic E-state index is 12.0. The number of carbonyl (C=O) groups excluding carboxylic acids is 1. The van der Waals surface area contributed by atoms with Crippen molar-refractivity contribution in [3.05, 3.63) is 23.7 Å². The molecule has 0 bridgehead atoms. The van der Waals surface area contributed by atoms with E-state index >= 15 is 0 Å². The van der Waals surface area contributed by atoms with Crippen LogP contribution in [0.25, 0.3) is 0 Å². The van der Waals surface area contributed by atoms with Crippen LogP contribution in [0, 0.1) is 0 Å². The van der Waals surface area contributed by atoms with Gasteiger partial charge in [-0.3, -0.25) is 0 Å². The van der Waals surface area contributed by atoms with Crippen LogP contribution in [0.1, 0.15) is 17.7 Å². The van der Waals surface area contributed by atoms with Crippen molar-refractivity contribution < 1.29 is 22.4 Å². The summed E-state index contributed by atoms with van der Waals surface area (Å²) in [5.41, 5.74) is 0.388. The molecule has 0 radical (unpaired) electrons. The Morgan fingerprint density at radius 3 is 2.62 bits per heavy atom.